The van der Waals surface area contributed by atoms with E-state index in [9.17, 15) is 9.18 Å². The van der Waals surface area contributed by atoms with Gasteiger partial charge in [0.15, 0.2) is 11.5 Å². The summed E-state index contributed by atoms with van der Waals surface area (Å²) in [7, 11) is 1.53. The molecule has 0 saturated heterocycles. The molecule has 0 aliphatic rings. The zero-order valence-electron chi connectivity index (χ0n) is 17.3. The Labute approximate surface area is 186 Å². The van der Waals surface area contributed by atoms with E-state index in [0.29, 0.717) is 28.5 Å². The molecule has 0 aromatic carbocycles. The second kappa shape index (κ2) is 8.85. The Morgan fingerprint density at radius 2 is 1.91 bits per heavy atom. The maximum atomic E-state index is 13.8. The maximum absolute atomic E-state index is 13.8. The van der Waals surface area contributed by atoms with Crippen LogP contribution in [0.4, 0.5) is 20.6 Å². The molecule has 2 N–H and O–H groups in total. The minimum absolute atomic E-state index is 0.00734. The SMILES string of the molecule is CO[C@H](c1c(NC(=O)Nc2cnc(-n3nccn3)c(Cl)c2)cnc2cc(F)nn12)C(C)C. The molecule has 13 heteroatoms. The van der Waals surface area contributed by atoms with Gasteiger partial charge in [0, 0.05) is 13.2 Å². The van der Waals surface area contributed by atoms with Crippen molar-refractivity contribution in [3.8, 4) is 5.82 Å². The fraction of sp³-hybridized carbons (Fsp3) is 0.263. The van der Waals surface area contributed by atoms with Crippen molar-refractivity contribution in [3.63, 3.8) is 0 Å². The average Bonchev–Trinajstić information content (AvgIpc) is 3.39. The quantitative estimate of drug-likeness (QED) is 0.452. The fourth-order valence-electron chi connectivity index (χ4n) is 3.25. The lowest BCUT2D eigenvalue weighted by Crippen LogP contribution is -2.24. The third-order valence-corrected chi connectivity index (χ3v) is 4.83. The van der Waals surface area contributed by atoms with Crippen LogP contribution in [0.15, 0.2) is 36.9 Å². The van der Waals surface area contributed by atoms with Crippen LogP contribution in [-0.4, -0.2) is 47.7 Å². The lowest BCUT2D eigenvalue weighted by atomic mass is 10.0. The van der Waals surface area contributed by atoms with Gasteiger partial charge in [-0.3, -0.25) is 0 Å². The lowest BCUT2D eigenvalue weighted by molar-refractivity contribution is 0.0599. The van der Waals surface area contributed by atoms with Gasteiger partial charge >= 0.3 is 6.03 Å². The summed E-state index contributed by atoms with van der Waals surface area (Å²) in [6.45, 7) is 3.88. The molecule has 11 nitrogen and oxygen atoms in total. The van der Waals surface area contributed by atoms with E-state index in [-0.39, 0.29) is 10.9 Å². The monoisotopic (exact) mass is 459 g/mol. The van der Waals surface area contributed by atoms with Crippen molar-refractivity contribution in [2.75, 3.05) is 17.7 Å². The summed E-state index contributed by atoms with van der Waals surface area (Å²) < 4.78 is 20.7. The smallest absolute Gasteiger partial charge is 0.323 e. The first kappa shape index (κ1) is 21.6. The van der Waals surface area contributed by atoms with Crippen molar-refractivity contribution in [3.05, 3.63) is 53.6 Å². The summed E-state index contributed by atoms with van der Waals surface area (Å²) in [4.78, 5) is 22.3. The van der Waals surface area contributed by atoms with Gasteiger partial charge in [0.25, 0.3) is 0 Å². The molecular weight excluding hydrogens is 441 g/mol. The molecule has 0 aliphatic heterocycles. The lowest BCUT2D eigenvalue weighted by Gasteiger charge is -2.23. The van der Waals surface area contributed by atoms with Gasteiger partial charge in [-0.15, -0.1) is 9.90 Å². The predicted molar refractivity (Wildman–Crippen MR) is 114 cm³/mol. The molecule has 0 unspecified atom stereocenters. The molecule has 0 aliphatic carbocycles. The van der Waals surface area contributed by atoms with E-state index in [4.69, 9.17) is 16.3 Å². The highest BCUT2D eigenvalue weighted by atomic mass is 35.5. The van der Waals surface area contributed by atoms with Gasteiger partial charge in [-0.05, 0) is 12.0 Å². The molecule has 2 amide bonds. The van der Waals surface area contributed by atoms with E-state index < -0.39 is 18.1 Å². The van der Waals surface area contributed by atoms with Gasteiger partial charge in [-0.25, -0.2) is 19.3 Å². The molecular formula is C19H19ClFN9O2. The second-order valence-electron chi connectivity index (χ2n) is 7.12. The minimum Gasteiger partial charge on any atom is -0.375 e. The van der Waals surface area contributed by atoms with Gasteiger partial charge in [0.05, 0.1) is 46.9 Å². The normalized spacial score (nSPS) is 12.3. The number of carbonyl (C=O) groups is 1. The summed E-state index contributed by atoms with van der Waals surface area (Å²) in [5.41, 5.74) is 1.42. The Hall–Kier alpha value is -3.64. The Morgan fingerprint density at radius 1 is 1.16 bits per heavy atom. The molecule has 4 rings (SSSR count). The molecule has 0 bridgehead atoms. The van der Waals surface area contributed by atoms with E-state index in [0.717, 1.165) is 0 Å². The number of hydrogen-bond donors (Lipinski definition) is 2. The third-order valence-electron chi connectivity index (χ3n) is 4.56. The van der Waals surface area contributed by atoms with Crippen molar-refractivity contribution in [1.29, 1.82) is 0 Å². The van der Waals surface area contributed by atoms with E-state index in [1.165, 1.54) is 53.3 Å². The minimum atomic E-state index is -0.688. The molecule has 4 aromatic rings. The van der Waals surface area contributed by atoms with Crippen molar-refractivity contribution < 1.29 is 13.9 Å². The van der Waals surface area contributed by atoms with Crippen molar-refractivity contribution >= 4 is 34.7 Å². The van der Waals surface area contributed by atoms with Crippen LogP contribution in [0.3, 0.4) is 0 Å². The molecule has 166 valence electrons. The number of carbonyl (C=O) groups excluding carboxylic acids is 1. The Kier molecular flexibility index (Phi) is 5.97. The van der Waals surface area contributed by atoms with Gasteiger partial charge in [-0.2, -0.15) is 14.6 Å². The number of fused-ring (bicyclic) bond motifs is 1. The highest BCUT2D eigenvalue weighted by molar-refractivity contribution is 6.32. The summed E-state index contributed by atoms with van der Waals surface area (Å²) in [6, 6.07) is 2.13. The molecule has 0 saturated carbocycles. The summed E-state index contributed by atoms with van der Waals surface area (Å²) in [6.07, 6.45) is 5.36. The molecule has 1 atom stereocenters. The molecule has 0 radical (unpaired) electrons. The highest BCUT2D eigenvalue weighted by Crippen LogP contribution is 2.31. The number of aromatic nitrogens is 7. The number of methoxy groups -OCH3 is 1. The van der Waals surface area contributed by atoms with Crippen LogP contribution >= 0.6 is 11.6 Å². The molecule has 0 spiro atoms. The zero-order valence-corrected chi connectivity index (χ0v) is 18.1. The Bertz CT molecular complexity index is 1260. The third kappa shape index (κ3) is 4.22. The van der Waals surface area contributed by atoms with Crippen LogP contribution < -0.4 is 10.6 Å². The topological polar surface area (TPSA) is 124 Å². The molecule has 4 aromatic heterocycles. The number of rotatable bonds is 6. The summed E-state index contributed by atoms with van der Waals surface area (Å²) in [5, 5.41) is 17.4. The molecule has 4 heterocycles. The van der Waals surface area contributed by atoms with Crippen molar-refractivity contribution in [1.82, 2.24) is 34.6 Å². The van der Waals surface area contributed by atoms with Gasteiger partial charge in [-0.1, -0.05) is 25.4 Å². The van der Waals surface area contributed by atoms with Crippen LogP contribution in [0.5, 0.6) is 0 Å². The van der Waals surface area contributed by atoms with Crippen molar-refractivity contribution in [2.45, 2.75) is 20.0 Å². The van der Waals surface area contributed by atoms with Gasteiger partial charge in [0.1, 0.15) is 6.10 Å². The van der Waals surface area contributed by atoms with Crippen LogP contribution in [-0.2, 0) is 4.74 Å². The number of amides is 2. The summed E-state index contributed by atoms with van der Waals surface area (Å²) in [5.74, 6) is -0.362. The summed E-state index contributed by atoms with van der Waals surface area (Å²) >= 11 is 6.24. The van der Waals surface area contributed by atoms with Gasteiger partial charge in [0.2, 0.25) is 5.95 Å². The van der Waals surface area contributed by atoms with E-state index in [1.807, 2.05) is 13.8 Å². The fourth-order valence-corrected chi connectivity index (χ4v) is 3.49. The van der Waals surface area contributed by atoms with E-state index in [1.54, 1.807) is 0 Å². The highest BCUT2D eigenvalue weighted by Gasteiger charge is 2.25. The number of urea groups is 1. The van der Waals surface area contributed by atoms with Crippen LogP contribution in [0.2, 0.25) is 5.02 Å². The average molecular weight is 460 g/mol. The van der Waals surface area contributed by atoms with E-state index in [2.05, 4.69) is 35.9 Å². The number of pyridine rings is 1. The number of nitrogens with one attached hydrogen (secondary N) is 2. The first-order valence-electron chi connectivity index (χ1n) is 9.54. The van der Waals surface area contributed by atoms with Gasteiger partial charge < -0.3 is 15.4 Å². The van der Waals surface area contributed by atoms with Crippen molar-refractivity contribution in [2.24, 2.45) is 5.92 Å². The Balaban J connectivity index is 1.60. The number of anilines is 2. The zero-order chi connectivity index (χ0) is 22.8. The van der Waals surface area contributed by atoms with Crippen LogP contribution in [0, 0.1) is 11.9 Å². The first-order chi connectivity index (χ1) is 15.4. The first-order valence-corrected chi connectivity index (χ1v) is 9.92. The number of ether oxygens (including phenoxy) is 1. The van der Waals surface area contributed by atoms with E-state index >= 15 is 0 Å². The standard InChI is InChI=1S/C19H19ClFN9O2/c1-10(2)17(32-3)16-13(9-22-15-7-14(21)28-29(15)16)27-19(31)26-11-6-12(20)18(23-8-11)30-24-4-5-25-30/h4-10,17H,1-3H3,(H2,26,27,31)/t17-/m0/s1. The predicted octanol–water partition coefficient (Wildman–Crippen LogP) is 3.49. The Morgan fingerprint density at radius 3 is 2.56 bits per heavy atom. The molecule has 0 fully saturated rings. The second-order valence-corrected chi connectivity index (χ2v) is 7.53. The number of hydrogen-bond acceptors (Lipinski definition) is 7. The van der Waals surface area contributed by atoms with Crippen LogP contribution in [0.25, 0.3) is 11.5 Å². The number of halogens is 2. The largest absolute Gasteiger partial charge is 0.375 e. The molecule has 32 heavy (non-hydrogen) atoms. The number of nitrogens with zero attached hydrogens (tertiary/aromatic N) is 7. The maximum Gasteiger partial charge on any atom is 0.323 e. The van der Waals surface area contributed by atoms with Crippen LogP contribution in [0.1, 0.15) is 25.6 Å².